The summed E-state index contributed by atoms with van der Waals surface area (Å²) in [5.41, 5.74) is -0.765. The van der Waals surface area contributed by atoms with Gasteiger partial charge in [-0.15, -0.1) is 0 Å². The van der Waals surface area contributed by atoms with Crippen LogP contribution in [0.5, 0.6) is 0 Å². The first-order valence-corrected chi connectivity index (χ1v) is 4.09. The van der Waals surface area contributed by atoms with Crippen molar-refractivity contribution >= 4 is 17.4 Å². The quantitative estimate of drug-likeness (QED) is 0.699. The van der Waals surface area contributed by atoms with Gasteiger partial charge in [-0.05, 0) is 19.1 Å². The first-order chi connectivity index (χ1) is 6.43. The average Bonchev–Trinajstić information content (AvgIpc) is 2.08. The molecule has 0 fully saturated rings. The third-order valence-corrected chi connectivity index (χ3v) is 2.10. The summed E-state index contributed by atoms with van der Waals surface area (Å²) in [4.78, 5) is 10.8. The Bertz CT molecular complexity index is 377. The standard InChI is InChI=1S/C9H6ClF3O/c1-4(14)5-2-6(9(12)13)8(10)7(11)3-5/h2-3,9H,1H3. The lowest BCUT2D eigenvalue weighted by molar-refractivity contribution is 0.101. The number of alkyl halides is 2. The molecule has 0 unspecified atom stereocenters. The first kappa shape index (κ1) is 11.0. The lowest BCUT2D eigenvalue weighted by Gasteiger charge is -2.05. The average molecular weight is 223 g/mol. The second-order valence-corrected chi connectivity index (χ2v) is 3.10. The molecule has 0 aromatic heterocycles. The molecule has 0 saturated heterocycles. The molecule has 0 atom stereocenters. The van der Waals surface area contributed by atoms with E-state index in [9.17, 15) is 18.0 Å². The third-order valence-electron chi connectivity index (χ3n) is 1.70. The summed E-state index contributed by atoms with van der Waals surface area (Å²) >= 11 is 5.30. The Labute approximate surface area is 83.5 Å². The summed E-state index contributed by atoms with van der Waals surface area (Å²) in [6.45, 7) is 1.16. The van der Waals surface area contributed by atoms with E-state index in [2.05, 4.69) is 0 Å². The van der Waals surface area contributed by atoms with E-state index in [1.807, 2.05) is 0 Å². The van der Waals surface area contributed by atoms with E-state index in [4.69, 9.17) is 11.6 Å². The number of halogens is 4. The number of carbonyl (C=O) groups excluding carboxylic acids is 1. The van der Waals surface area contributed by atoms with Gasteiger partial charge in [-0.1, -0.05) is 11.6 Å². The minimum absolute atomic E-state index is 0.109. The van der Waals surface area contributed by atoms with Gasteiger partial charge >= 0.3 is 0 Å². The number of hydrogen-bond donors (Lipinski definition) is 0. The van der Waals surface area contributed by atoms with Gasteiger partial charge in [0, 0.05) is 11.1 Å². The van der Waals surface area contributed by atoms with Crippen molar-refractivity contribution in [1.82, 2.24) is 0 Å². The fourth-order valence-electron chi connectivity index (χ4n) is 0.972. The van der Waals surface area contributed by atoms with Gasteiger partial charge in [0.1, 0.15) is 5.82 Å². The summed E-state index contributed by atoms with van der Waals surface area (Å²) < 4.78 is 37.5. The van der Waals surface area contributed by atoms with Gasteiger partial charge in [0.05, 0.1) is 5.02 Å². The zero-order chi connectivity index (χ0) is 10.9. The molecular weight excluding hydrogens is 217 g/mol. The van der Waals surface area contributed by atoms with E-state index < -0.39 is 28.6 Å². The van der Waals surface area contributed by atoms with Gasteiger partial charge in [0.25, 0.3) is 6.43 Å². The molecule has 0 aliphatic rings. The van der Waals surface area contributed by atoms with Crippen LogP contribution in [0.2, 0.25) is 5.02 Å². The lowest BCUT2D eigenvalue weighted by Crippen LogP contribution is -1.98. The normalized spacial score (nSPS) is 10.7. The minimum Gasteiger partial charge on any atom is -0.295 e. The summed E-state index contributed by atoms with van der Waals surface area (Å²) in [5, 5.41) is -0.634. The monoisotopic (exact) mass is 222 g/mol. The van der Waals surface area contributed by atoms with Gasteiger partial charge in [0.15, 0.2) is 5.78 Å². The Kier molecular flexibility index (Phi) is 3.16. The van der Waals surface area contributed by atoms with Crippen LogP contribution < -0.4 is 0 Å². The molecule has 0 aliphatic heterocycles. The highest BCUT2D eigenvalue weighted by molar-refractivity contribution is 6.31. The Hall–Kier alpha value is -1.03. The fraction of sp³-hybridized carbons (Fsp3) is 0.222. The van der Waals surface area contributed by atoms with Crippen LogP contribution in [0.1, 0.15) is 29.3 Å². The molecule has 1 aromatic carbocycles. The highest BCUT2D eigenvalue weighted by Gasteiger charge is 2.17. The molecule has 5 heteroatoms. The second kappa shape index (κ2) is 4.00. The van der Waals surface area contributed by atoms with Gasteiger partial charge < -0.3 is 0 Å². The Morgan fingerprint density at radius 1 is 1.43 bits per heavy atom. The molecule has 0 saturated carbocycles. The summed E-state index contributed by atoms with van der Waals surface area (Å²) in [5.74, 6) is -1.49. The minimum atomic E-state index is -2.89. The SMILES string of the molecule is CC(=O)c1cc(F)c(Cl)c(C(F)F)c1. The number of ketones is 1. The highest BCUT2D eigenvalue weighted by atomic mass is 35.5. The third kappa shape index (κ3) is 2.07. The molecule has 0 bridgehead atoms. The number of benzene rings is 1. The van der Waals surface area contributed by atoms with Crippen molar-refractivity contribution in [2.75, 3.05) is 0 Å². The summed E-state index contributed by atoms with van der Waals surface area (Å²) in [6.07, 6.45) is -2.89. The van der Waals surface area contributed by atoms with Gasteiger partial charge in [-0.2, -0.15) is 0 Å². The molecule has 1 aromatic rings. The van der Waals surface area contributed by atoms with Crippen LogP contribution in [0.15, 0.2) is 12.1 Å². The second-order valence-electron chi connectivity index (χ2n) is 2.72. The first-order valence-electron chi connectivity index (χ1n) is 3.71. The van der Waals surface area contributed by atoms with Crippen LogP contribution in [0, 0.1) is 5.82 Å². The van der Waals surface area contributed by atoms with E-state index in [1.54, 1.807) is 0 Å². The van der Waals surface area contributed by atoms with E-state index in [1.165, 1.54) is 0 Å². The Balaban J connectivity index is 3.35. The zero-order valence-corrected chi connectivity index (χ0v) is 7.91. The van der Waals surface area contributed by atoms with Crippen molar-refractivity contribution < 1.29 is 18.0 Å². The van der Waals surface area contributed by atoms with E-state index in [-0.39, 0.29) is 5.56 Å². The van der Waals surface area contributed by atoms with Crippen LogP contribution in [0.25, 0.3) is 0 Å². The van der Waals surface area contributed by atoms with E-state index >= 15 is 0 Å². The highest BCUT2D eigenvalue weighted by Crippen LogP contribution is 2.30. The van der Waals surface area contributed by atoms with Crippen molar-refractivity contribution in [3.63, 3.8) is 0 Å². The number of Topliss-reactive ketones (excluding diaryl/α,β-unsaturated/α-hetero) is 1. The maximum atomic E-state index is 12.9. The molecular formula is C9H6ClF3O. The van der Waals surface area contributed by atoms with Gasteiger partial charge in [-0.3, -0.25) is 4.79 Å². The van der Waals surface area contributed by atoms with Crippen molar-refractivity contribution in [1.29, 1.82) is 0 Å². The predicted molar refractivity (Wildman–Crippen MR) is 46.4 cm³/mol. The molecule has 0 N–H and O–H groups in total. The lowest BCUT2D eigenvalue weighted by atomic mass is 10.1. The van der Waals surface area contributed by atoms with E-state index in [0.29, 0.717) is 0 Å². The van der Waals surface area contributed by atoms with E-state index in [0.717, 1.165) is 19.1 Å². The largest absolute Gasteiger partial charge is 0.295 e. The summed E-state index contributed by atoms with van der Waals surface area (Å²) in [7, 11) is 0. The molecule has 0 amide bonds. The molecule has 0 spiro atoms. The number of hydrogen-bond acceptors (Lipinski definition) is 1. The molecule has 0 aliphatic carbocycles. The molecule has 1 rings (SSSR count). The maximum Gasteiger partial charge on any atom is 0.265 e. The van der Waals surface area contributed by atoms with Crippen molar-refractivity contribution in [3.8, 4) is 0 Å². The van der Waals surface area contributed by atoms with Crippen molar-refractivity contribution in [3.05, 3.63) is 34.1 Å². The number of rotatable bonds is 2. The van der Waals surface area contributed by atoms with Crippen LogP contribution in [-0.2, 0) is 0 Å². The summed E-state index contributed by atoms with van der Waals surface area (Å²) in [6, 6.07) is 1.74. The smallest absolute Gasteiger partial charge is 0.265 e. The Morgan fingerprint density at radius 3 is 2.43 bits per heavy atom. The molecule has 0 heterocycles. The van der Waals surface area contributed by atoms with Crippen molar-refractivity contribution in [2.45, 2.75) is 13.3 Å². The zero-order valence-electron chi connectivity index (χ0n) is 7.15. The molecule has 0 radical (unpaired) electrons. The Morgan fingerprint density at radius 2 is 2.00 bits per heavy atom. The molecule has 76 valence electrons. The number of carbonyl (C=O) groups is 1. The maximum absolute atomic E-state index is 12.9. The van der Waals surface area contributed by atoms with Gasteiger partial charge in [-0.25, -0.2) is 13.2 Å². The molecule has 1 nitrogen and oxygen atoms in total. The van der Waals surface area contributed by atoms with Gasteiger partial charge in [0.2, 0.25) is 0 Å². The van der Waals surface area contributed by atoms with Crippen LogP contribution in [0.4, 0.5) is 13.2 Å². The van der Waals surface area contributed by atoms with Crippen LogP contribution in [0.3, 0.4) is 0 Å². The van der Waals surface area contributed by atoms with Crippen LogP contribution in [-0.4, -0.2) is 5.78 Å². The fourth-order valence-corrected chi connectivity index (χ4v) is 1.16. The molecule has 14 heavy (non-hydrogen) atoms. The van der Waals surface area contributed by atoms with Crippen molar-refractivity contribution in [2.24, 2.45) is 0 Å². The van der Waals surface area contributed by atoms with Crippen LogP contribution >= 0.6 is 11.6 Å². The topological polar surface area (TPSA) is 17.1 Å². The predicted octanol–water partition coefficient (Wildman–Crippen LogP) is 3.62.